The van der Waals surface area contributed by atoms with E-state index in [0.29, 0.717) is 11.3 Å². The number of amides is 1. The molecule has 0 aliphatic rings. The fourth-order valence-electron chi connectivity index (χ4n) is 1.25. The molecule has 0 aliphatic heterocycles. The standard InChI is InChI=1S/C9H8N4O2/c10-8(14)6-7(13-15-9(6)11)5-1-3-12-4-2-5/h1-4H,11H2,(H2,10,14). The van der Waals surface area contributed by atoms with E-state index in [2.05, 4.69) is 10.1 Å². The van der Waals surface area contributed by atoms with Crippen molar-refractivity contribution < 1.29 is 9.32 Å². The lowest BCUT2D eigenvalue weighted by Crippen LogP contribution is -2.13. The number of rotatable bonds is 2. The number of nitrogens with two attached hydrogens (primary N) is 2. The van der Waals surface area contributed by atoms with E-state index < -0.39 is 5.91 Å². The van der Waals surface area contributed by atoms with Gasteiger partial charge in [-0.15, -0.1) is 0 Å². The smallest absolute Gasteiger partial charge is 0.256 e. The van der Waals surface area contributed by atoms with Crippen molar-refractivity contribution in [3.63, 3.8) is 0 Å². The molecule has 2 rings (SSSR count). The van der Waals surface area contributed by atoms with E-state index in [1.807, 2.05) is 0 Å². The highest BCUT2D eigenvalue weighted by Crippen LogP contribution is 2.25. The topological polar surface area (TPSA) is 108 Å². The van der Waals surface area contributed by atoms with Gasteiger partial charge in [-0.1, -0.05) is 5.16 Å². The van der Waals surface area contributed by atoms with Crippen molar-refractivity contribution in [3.8, 4) is 11.3 Å². The molecule has 0 bridgehead atoms. The van der Waals surface area contributed by atoms with E-state index in [1.165, 1.54) is 0 Å². The second-order valence-corrected chi connectivity index (χ2v) is 2.87. The van der Waals surface area contributed by atoms with Crippen LogP contribution in [0.5, 0.6) is 0 Å². The minimum absolute atomic E-state index is 0.0747. The number of nitrogen functional groups attached to an aromatic ring is 1. The van der Waals surface area contributed by atoms with Crippen LogP contribution in [0.4, 0.5) is 5.88 Å². The monoisotopic (exact) mass is 204 g/mol. The zero-order valence-electron chi connectivity index (χ0n) is 7.68. The molecule has 2 aromatic rings. The highest BCUT2D eigenvalue weighted by molar-refractivity contribution is 6.02. The Kier molecular flexibility index (Phi) is 2.09. The van der Waals surface area contributed by atoms with E-state index in [4.69, 9.17) is 16.0 Å². The molecule has 0 atom stereocenters. The molecular formula is C9H8N4O2. The molecule has 6 heteroatoms. The molecule has 0 aliphatic carbocycles. The number of pyridine rings is 1. The Morgan fingerprint density at radius 2 is 2.00 bits per heavy atom. The van der Waals surface area contributed by atoms with E-state index in [1.54, 1.807) is 24.5 Å². The first-order chi connectivity index (χ1) is 7.20. The quantitative estimate of drug-likeness (QED) is 0.736. The predicted molar refractivity (Wildman–Crippen MR) is 52.7 cm³/mol. The molecule has 0 fully saturated rings. The SMILES string of the molecule is NC(=O)c1c(-c2ccncc2)noc1N. The number of nitrogens with zero attached hydrogens (tertiary/aromatic N) is 2. The Morgan fingerprint density at radius 1 is 1.33 bits per heavy atom. The lowest BCUT2D eigenvalue weighted by molar-refractivity contribution is 0.100. The maximum absolute atomic E-state index is 11.1. The second kappa shape index (κ2) is 3.41. The maximum atomic E-state index is 11.1. The summed E-state index contributed by atoms with van der Waals surface area (Å²) >= 11 is 0. The summed E-state index contributed by atoms with van der Waals surface area (Å²) in [7, 11) is 0. The van der Waals surface area contributed by atoms with Crippen LogP contribution < -0.4 is 11.5 Å². The van der Waals surface area contributed by atoms with Gasteiger partial charge in [0.25, 0.3) is 5.91 Å². The third-order valence-corrected chi connectivity index (χ3v) is 1.92. The number of carbonyl (C=O) groups excluding carboxylic acids is 1. The number of aromatic nitrogens is 2. The highest BCUT2D eigenvalue weighted by Gasteiger charge is 2.19. The van der Waals surface area contributed by atoms with Crippen LogP contribution in [0.25, 0.3) is 11.3 Å². The van der Waals surface area contributed by atoms with Crippen LogP contribution in [0.2, 0.25) is 0 Å². The summed E-state index contributed by atoms with van der Waals surface area (Å²) < 4.78 is 4.72. The fraction of sp³-hybridized carbons (Fsp3) is 0. The summed E-state index contributed by atoms with van der Waals surface area (Å²) in [4.78, 5) is 15.0. The summed E-state index contributed by atoms with van der Waals surface area (Å²) in [6.07, 6.45) is 3.15. The van der Waals surface area contributed by atoms with E-state index in [9.17, 15) is 4.79 Å². The van der Waals surface area contributed by atoms with Crippen molar-refractivity contribution in [3.05, 3.63) is 30.1 Å². The molecule has 15 heavy (non-hydrogen) atoms. The van der Waals surface area contributed by atoms with Gasteiger partial charge in [0.2, 0.25) is 5.88 Å². The predicted octanol–water partition coefficient (Wildman–Crippen LogP) is 0.418. The molecule has 0 saturated carbocycles. The van der Waals surface area contributed by atoms with Crippen LogP contribution in [0.15, 0.2) is 29.0 Å². The van der Waals surface area contributed by atoms with Crippen molar-refractivity contribution in [2.45, 2.75) is 0 Å². The second-order valence-electron chi connectivity index (χ2n) is 2.87. The van der Waals surface area contributed by atoms with Gasteiger partial charge in [0.15, 0.2) is 0 Å². The van der Waals surface area contributed by atoms with Crippen LogP contribution in [0.3, 0.4) is 0 Å². The van der Waals surface area contributed by atoms with Crippen molar-refractivity contribution in [2.75, 3.05) is 5.73 Å². The van der Waals surface area contributed by atoms with Gasteiger partial charge in [-0.05, 0) is 12.1 Å². The molecule has 0 aromatic carbocycles. The number of primary amides is 1. The molecule has 1 amide bonds. The van der Waals surface area contributed by atoms with E-state index in [0.717, 1.165) is 0 Å². The van der Waals surface area contributed by atoms with Crippen molar-refractivity contribution >= 4 is 11.8 Å². The highest BCUT2D eigenvalue weighted by atomic mass is 16.5. The Hall–Kier alpha value is -2.37. The fourth-order valence-corrected chi connectivity index (χ4v) is 1.25. The maximum Gasteiger partial charge on any atom is 0.256 e. The summed E-state index contributed by atoms with van der Waals surface area (Å²) in [5, 5.41) is 3.68. The van der Waals surface area contributed by atoms with Gasteiger partial charge in [0.1, 0.15) is 11.3 Å². The van der Waals surface area contributed by atoms with Gasteiger partial charge in [0.05, 0.1) is 0 Å². The zero-order valence-corrected chi connectivity index (χ0v) is 7.68. The average molecular weight is 204 g/mol. The molecular weight excluding hydrogens is 196 g/mol. The van der Waals surface area contributed by atoms with Crippen LogP contribution >= 0.6 is 0 Å². The van der Waals surface area contributed by atoms with Gasteiger partial charge in [-0.2, -0.15) is 0 Å². The van der Waals surface area contributed by atoms with E-state index >= 15 is 0 Å². The van der Waals surface area contributed by atoms with Crippen molar-refractivity contribution in [1.29, 1.82) is 0 Å². The van der Waals surface area contributed by atoms with Gasteiger partial charge < -0.3 is 16.0 Å². The zero-order chi connectivity index (χ0) is 10.8. The number of carbonyl (C=O) groups is 1. The van der Waals surface area contributed by atoms with Gasteiger partial charge in [-0.3, -0.25) is 9.78 Å². The molecule has 2 heterocycles. The summed E-state index contributed by atoms with van der Waals surface area (Å²) in [6.45, 7) is 0. The Morgan fingerprint density at radius 3 is 2.60 bits per heavy atom. The first-order valence-electron chi connectivity index (χ1n) is 4.15. The molecule has 0 unspecified atom stereocenters. The minimum atomic E-state index is -0.666. The number of hydrogen-bond donors (Lipinski definition) is 2. The average Bonchev–Trinajstić information content (AvgIpc) is 2.61. The molecule has 0 saturated heterocycles. The van der Waals surface area contributed by atoms with Gasteiger partial charge in [0, 0.05) is 18.0 Å². The number of anilines is 1. The van der Waals surface area contributed by atoms with Crippen molar-refractivity contribution in [1.82, 2.24) is 10.1 Å². The first-order valence-corrected chi connectivity index (χ1v) is 4.15. The third-order valence-electron chi connectivity index (χ3n) is 1.92. The normalized spacial score (nSPS) is 10.1. The summed E-state index contributed by atoms with van der Waals surface area (Å²) in [6, 6.07) is 3.37. The summed E-state index contributed by atoms with van der Waals surface area (Å²) in [5.74, 6) is -0.741. The number of hydrogen-bond acceptors (Lipinski definition) is 5. The molecule has 0 spiro atoms. The summed E-state index contributed by atoms with van der Waals surface area (Å²) in [5.41, 5.74) is 11.7. The van der Waals surface area contributed by atoms with Gasteiger partial charge in [-0.25, -0.2) is 0 Å². The van der Waals surface area contributed by atoms with Crippen molar-refractivity contribution in [2.24, 2.45) is 5.73 Å². The molecule has 2 aromatic heterocycles. The largest absolute Gasteiger partial charge is 0.367 e. The molecule has 76 valence electrons. The lowest BCUT2D eigenvalue weighted by Gasteiger charge is -1.96. The molecule has 0 radical (unpaired) electrons. The Balaban J connectivity index is 2.59. The Bertz CT molecular complexity index is 492. The van der Waals surface area contributed by atoms with Crippen LogP contribution in [0.1, 0.15) is 10.4 Å². The van der Waals surface area contributed by atoms with Crippen LogP contribution in [-0.4, -0.2) is 16.0 Å². The van der Waals surface area contributed by atoms with Crippen LogP contribution in [0, 0.1) is 0 Å². The lowest BCUT2D eigenvalue weighted by atomic mass is 10.1. The Labute approximate surface area is 84.9 Å². The third kappa shape index (κ3) is 1.52. The van der Waals surface area contributed by atoms with Gasteiger partial charge >= 0.3 is 0 Å². The molecule has 6 nitrogen and oxygen atoms in total. The van der Waals surface area contributed by atoms with Crippen LogP contribution in [-0.2, 0) is 0 Å². The molecule has 4 N–H and O–H groups in total. The van der Waals surface area contributed by atoms with E-state index in [-0.39, 0.29) is 11.4 Å². The first kappa shape index (κ1) is 9.20. The minimum Gasteiger partial charge on any atom is -0.367 e.